The Morgan fingerprint density at radius 1 is 1.47 bits per heavy atom. The molecule has 1 saturated carbocycles. The molecule has 0 aliphatic heterocycles. The summed E-state index contributed by atoms with van der Waals surface area (Å²) in [5.74, 6) is -1.06. The van der Waals surface area contributed by atoms with Crippen molar-refractivity contribution in [2.45, 2.75) is 52.6 Å². The van der Waals surface area contributed by atoms with E-state index >= 15 is 0 Å². The Balaban J connectivity index is 2.45. The van der Waals surface area contributed by atoms with Crippen LogP contribution >= 0.6 is 0 Å². The van der Waals surface area contributed by atoms with Gasteiger partial charge in [-0.15, -0.1) is 0 Å². The average Bonchev–Trinajstić information content (AvgIpc) is 2.80. The van der Waals surface area contributed by atoms with Crippen molar-refractivity contribution in [2.75, 3.05) is 0 Å². The number of amides is 2. The lowest BCUT2D eigenvalue weighted by Crippen LogP contribution is -2.50. The molecule has 0 radical (unpaired) electrons. The highest BCUT2D eigenvalue weighted by molar-refractivity contribution is 5.83. The van der Waals surface area contributed by atoms with E-state index in [1.165, 1.54) is 0 Å². The average molecular weight is 242 g/mol. The summed E-state index contributed by atoms with van der Waals surface area (Å²) in [5, 5.41) is 14.4. The predicted molar refractivity (Wildman–Crippen MR) is 64.7 cm³/mol. The zero-order valence-electron chi connectivity index (χ0n) is 10.9. The fourth-order valence-corrected chi connectivity index (χ4v) is 1.74. The van der Waals surface area contributed by atoms with Crippen molar-refractivity contribution in [1.82, 2.24) is 10.6 Å². The molecule has 3 atom stereocenters. The molecule has 0 spiro atoms. The van der Waals surface area contributed by atoms with E-state index in [4.69, 9.17) is 5.11 Å². The van der Waals surface area contributed by atoms with Crippen LogP contribution in [0.2, 0.25) is 0 Å². The first-order chi connectivity index (χ1) is 7.77. The lowest BCUT2D eigenvalue weighted by Gasteiger charge is -2.20. The Bertz CT molecular complexity index is 315. The molecule has 1 aliphatic carbocycles. The number of hydrogen-bond donors (Lipinski definition) is 3. The summed E-state index contributed by atoms with van der Waals surface area (Å²) in [6.07, 6.45) is 1.66. The van der Waals surface area contributed by atoms with Crippen LogP contribution < -0.4 is 10.6 Å². The number of aliphatic carboxylic acids is 1. The second-order valence-corrected chi connectivity index (χ2v) is 5.56. The Hall–Kier alpha value is -1.26. The lowest BCUT2D eigenvalue weighted by molar-refractivity contribution is -0.140. The van der Waals surface area contributed by atoms with Crippen molar-refractivity contribution in [1.29, 1.82) is 0 Å². The number of carboxylic acids is 1. The van der Waals surface area contributed by atoms with Crippen molar-refractivity contribution < 1.29 is 14.7 Å². The third-order valence-corrected chi connectivity index (χ3v) is 3.58. The van der Waals surface area contributed by atoms with Crippen molar-refractivity contribution in [3.8, 4) is 0 Å². The second-order valence-electron chi connectivity index (χ2n) is 5.56. The Labute approximate surface area is 102 Å². The molecule has 0 saturated heterocycles. The van der Waals surface area contributed by atoms with Crippen LogP contribution in [0, 0.1) is 11.3 Å². The highest BCUT2D eigenvalue weighted by Crippen LogP contribution is 2.44. The van der Waals surface area contributed by atoms with Crippen molar-refractivity contribution in [3.63, 3.8) is 0 Å². The van der Waals surface area contributed by atoms with Gasteiger partial charge in [0.2, 0.25) is 0 Å². The van der Waals surface area contributed by atoms with E-state index in [1.807, 2.05) is 13.8 Å². The fourth-order valence-electron chi connectivity index (χ4n) is 1.74. The molecule has 0 aromatic heterocycles. The van der Waals surface area contributed by atoms with E-state index in [2.05, 4.69) is 24.5 Å². The number of hydrogen-bond acceptors (Lipinski definition) is 2. The third-order valence-electron chi connectivity index (χ3n) is 3.58. The molecule has 5 nitrogen and oxygen atoms in total. The maximum absolute atomic E-state index is 11.6. The standard InChI is InChI=1S/C12H22N2O3/c1-5-7(2)9(10(15)16)14-11(17)13-8-6-12(8,3)4/h7-9H,5-6H2,1-4H3,(H,15,16)(H2,13,14,17)/t7-,8?,9-/m0/s1. The second kappa shape index (κ2) is 4.94. The van der Waals surface area contributed by atoms with Crippen LogP contribution in [-0.4, -0.2) is 29.2 Å². The quantitative estimate of drug-likeness (QED) is 0.685. The van der Waals surface area contributed by atoms with Crippen LogP contribution in [-0.2, 0) is 4.79 Å². The summed E-state index contributed by atoms with van der Waals surface area (Å²) in [4.78, 5) is 22.7. The van der Waals surface area contributed by atoms with Gasteiger partial charge in [0.05, 0.1) is 0 Å². The minimum Gasteiger partial charge on any atom is -0.480 e. The van der Waals surface area contributed by atoms with Gasteiger partial charge in [-0.3, -0.25) is 0 Å². The first-order valence-electron chi connectivity index (χ1n) is 6.07. The van der Waals surface area contributed by atoms with E-state index in [-0.39, 0.29) is 23.4 Å². The normalized spacial score (nSPS) is 24.6. The number of carbonyl (C=O) groups is 2. The van der Waals surface area contributed by atoms with Gasteiger partial charge in [0.25, 0.3) is 0 Å². The molecule has 0 aromatic carbocycles. The molecule has 0 heterocycles. The number of urea groups is 1. The van der Waals surface area contributed by atoms with Crippen LogP contribution in [0.25, 0.3) is 0 Å². The van der Waals surface area contributed by atoms with Gasteiger partial charge in [-0.25, -0.2) is 9.59 Å². The molecule has 1 fully saturated rings. The van der Waals surface area contributed by atoms with E-state index in [9.17, 15) is 9.59 Å². The molecular weight excluding hydrogens is 220 g/mol. The van der Waals surface area contributed by atoms with Crippen LogP contribution in [0.3, 0.4) is 0 Å². The smallest absolute Gasteiger partial charge is 0.326 e. The molecule has 5 heteroatoms. The van der Waals surface area contributed by atoms with Crippen molar-refractivity contribution in [3.05, 3.63) is 0 Å². The SMILES string of the molecule is CC[C@H](C)[C@H](NC(=O)NC1CC1(C)C)C(=O)O. The third kappa shape index (κ3) is 3.61. The molecule has 0 aromatic rings. The van der Waals surface area contributed by atoms with Crippen LogP contribution in [0.1, 0.15) is 40.5 Å². The van der Waals surface area contributed by atoms with Gasteiger partial charge in [-0.05, 0) is 17.8 Å². The first kappa shape index (κ1) is 13.8. The molecular formula is C12H22N2O3. The van der Waals surface area contributed by atoms with Gasteiger partial charge in [0.15, 0.2) is 0 Å². The maximum Gasteiger partial charge on any atom is 0.326 e. The maximum atomic E-state index is 11.6. The van der Waals surface area contributed by atoms with Crippen LogP contribution in [0.4, 0.5) is 4.79 Å². The van der Waals surface area contributed by atoms with Gasteiger partial charge < -0.3 is 15.7 Å². The highest BCUT2D eigenvalue weighted by atomic mass is 16.4. The fraction of sp³-hybridized carbons (Fsp3) is 0.833. The molecule has 0 bridgehead atoms. The largest absolute Gasteiger partial charge is 0.480 e. The summed E-state index contributed by atoms with van der Waals surface area (Å²) >= 11 is 0. The Morgan fingerprint density at radius 3 is 2.35 bits per heavy atom. The zero-order chi connectivity index (χ0) is 13.2. The van der Waals surface area contributed by atoms with Crippen molar-refractivity contribution in [2.24, 2.45) is 11.3 Å². The van der Waals surface area contributed by atoms with Gasteiger partial charge in [-0.1, -0.05) is 34.1 Å². The zero-order valence-corrected chi connectivity index (χ0v) is 10.9. The number of carboxylic acid groups (broad SMARTS) is 1. The molecule has 3 N–H and O–H groups in total. The minimum atomic E-state index is -0.982. The van der Waals surface area contributed by atoms with Gasteiger partial charge >= 0.3 is 12.0 Å². The summed E-state index contributed by atoms with van der Waals surface area (Å²) in [7, 11) is 0. The van der Waals surface area contributed by atoms with Gasteiger partial charge in [0, 0.05) is 6.04 Å². The number of rotatable bonds is 5. The summed E-state index contributed by atoms with van der Waals surface area (Å²) in [5.41, 5.74) is 0.145. The molecule has 1 unspecified atom stereocenters. The Kier molecular flexibility index (Phi) is 4.01. The van der Waals surface area contributed by atoms with E-state index in [0.717, 1.165) is 6.42 Å². The lowest BCUT2D eigenvalue weighted by atomic mass is 9.99. The minimum absolute atomic E-state index is 0.0783. The van der Waals surface area contributed by atoms with Gasteiger partial charge in [-0.2, -0.15) is 0 Å². The molecule has 1 aliphatic rings. The van der Waals surface area contributed by atoms with Crippen LogP contribution in [0.5, 0.6) is 0 Å². The van der Waals surface area contributed by atoms with Gasteiger partial charge in [0.1, 0.15) is 6.04 Å². The molecule has 17 heavy (non-hydrogen) atoms. The Morgan fingerprint density at radius 2 is 2.00 bits per heavy atom. The summed E-state index contributed by atoms with van der Waals surface area (Å²) < 4.78 is 0. The molecule has 98 valence electrons. The molecule has 2 amide bonds. The highest BCUT2D eigenvalue weighted by Gasteiger charge is 2.46. The van der Waals surface area contributed by atoms with Crippen LogP contribution in [0.15, 0.2) is 0 Å². The first-order valence-corrected chi connectivity index (χ1v) is 6.07. The summed E-state index contributed by atoms with van der Waals surface area (Å²) in [6.45, 7) is 7.87. The monoisotopic (exact) mass is 242 g/mol. The number of nitrogens with one attached hydrogen (secondary N) is 2. The van der Waals surface area contributed by atoms with Crippen molar-refractivity contribution >= 4 is 12.0 Å². The van der Waals surface area contributed by atoms with E-state index in [0.29, 0.717) is 6.42 Å². The summed E-state index contributed by atoms with van der Waals surface area (Å²) in [6, 6.07) is -1.04. The van der Waals surface area contributed by atoms with E-state index < -0.39 is 12.0 Å². The predicted octanol–water partition coefficient (Wildman–Crippen LogP) is 1.58. The molecule has 1 rings (SSSR count). The number of carbonyl (C=O) groups excluding carboxylic acids is 1. The topological polar surface area (TPSA) is 78.4 Å². The van der Waals surface area contributed by atoms with E-state index in [1.54, 1.807) is 0 Å².